The molecule has 0 radical (unpaired) electrons. The van der Waals surface area contributed by atoms with Gasteiger partial charge >= 0.3 is 0 Å². The second-order valence-electron chi connectivity index (χ2n) is 11.1. The number of carbonyl (C=O) groups is 2. The number of benzene rings is 4. The zero-order chi connectivity index (χ0) is 34.5. The third-order valence-electron chi connectivity index (χ3n) is 7.73. The fourth-order valence-corrected chi connectivity index (χ4v) is 7.27. The standard InChI is InChI=1S/C37H42BrN3O5S2/c1-4-6-24-39-37(43)34(25-28-12-8-7-9-13-28)40(26-29-16-18-30(38)19-17-29)36(42)27-41(33-14-10-11-15-35(33)46-5-2)48(44,45)32-22-20-31(47-3)21-23-32/h7-23,34H,4-6,24-27H2,1-3H3,(H,39,43)/t34-/m0/s1. The van der Waals surface area contributed by atoms with E-state index in [0.29, 0.717) is 18.9 Å². The third-order valence-corrected chi connectivity index (χ3v) is 10.8. The SMILES string of the molecule is CCCCNC(=O)[C@H](Cc1ccccc1)N(Cc1ccc(Br)cc1)C(=O)CN(c1ccccc1OCC)S(=O)(=O)c1ccc(SC)cc1. The van der Waals surface area contributed by atoms with Gasteiger partial charge in [-0.15, -0.1) is 11.8 Å². The van der Waals surface area contributed by atoms with E-state index in [1.54, 1.807) is 48.5 Å². The first-order valence-electron chi connectivity index (χ1n) is 15.9. The number of para-hydroxylation sites is 2. The smallest absolute Gasteiger partial charge is 0.264 e. The molecule has 0 saturated carbocycles. The van der Waals surface area contributed by atoms with Gasteiger partial charge in [0.05, 0.1) is 17.2 Å². The maximum Gasteiger partial charge on any atom is 0.264 e. The van der Waals surface area contributed by atoms with Crippen molar-refractivity contribution in [2.45, 2.75) is 55.5 Å². The highest BCUT2D eigenvalue weighted by Gasteiger charge is 2.35. The van der Waals surface area contributed by atoms with Gasteiger partial charge in [-0.3, -0.25) is 13.9 Å². The summed E-state index contributed by atoms with van der Waals surface area (Å²) in [5.41, 5.74) is 1.90. The van der Waals surface area contributed by atoms with Crippen LogP contribution in [0, 0.1) is 0 Å². The summed E-state index contributed by atoms with van der Waals surface area (Å²) >= 11 is 4.97. The molecular formula is C37H42BrN3O5S2. The number of nitrogens with zero attached hydrogens (tertiary/aromatic N) is 2. The number of unbranched alkanes of at least 4 members (excludes halogenated alkanes) is 1. The average molecular weight is 753 g/mol. The topological polar surface area (TPSA) is 96.0 Å². The molecule has 4 aromatic rings. The van der Waals surface area contributed by atoms with Crippen LogP contribution in [0.15, 0.2) is 117 Å². The van der Waals surface area contributed by atoms with Gasteiger partial charge < -0.3 is 15.0 Å². The van der Waals surface area contributed by atoms with Crippen molar-refractivity contribution in [3.05, 3.63) is 119 Å². The van der Waals surface area contributed by atoms with Gasteiger partial charge in [-0.25, -0.2) is 8.42 Å². The van der Waals surface area contributed by atoms with Crippen molar-refractivity contribution >= 4 is 55.2 Å². The minimum atomic E-state index is -4.26. The van der Waals surface area contributed by atoms with E-state index in [0.717, 1.165) is 37.6 Å². The quantitative estimate of drug-likeness (QED) is 0.0898. The van der Waals surface area contributed by atoms with Gasteiger partial charge in [-0.1, -0.05) is 83.9 Å². The number of rotatable bonds is 17. The van der Waals surface area contributed by atoms with Crippen molar-refractivity contribution in [1.29, 1.82) is 0 Å². The molecule has 2 amide bonds. The molecule has 8 nitrogen and oxygen atoms in total. The lowest BCUT2D eigenvalue weighted by Crippen LogP contribution is -2.53. The summed E-state index contributed by atoms with van der Waals surface area (Å²) in [6.45, 7) is 4.16. The highest BCUT2D eigenvalue weighted by Crippen LogP contribution is 2.33. The largest absolute Gasteiger partial charge is 0.492 e. The van der Waals surface area contributed by atoms with Crippen molar-refractivity contribution in [2.75, 3.05) is 30.3 Å². The van der Waals surface area contributed by atoms with Crippen LogP contribution in [0.25, 0.3) is 0 Å². The molecule has 0 bridgehead atoms. The summed E-state index contributed by atoms with van der Waals surface area (Å²) in [5, 5.41) is 3.02. The molecule has 0 aliphatic heterocycles. The number of hydrogen-bond donors (Lipinski definition) is 1. The lowest BCUT2D eigenvalue weighted by Gasteiger charge is -2.34. The Morgan fingerprint density at radius 3 is 2.19 bits per heavy atom. The Labute approximate surface area is 297 Å². The Balaban J connectivity index is 1.82. The summed E-state index contributed by atoms with van der Waals surface area (Å²) in [4.78, 5) is 31.1. The number of ether oxygens (including phenoxy) is 1. The van der Waals surface area contributed by atoms with Crippen LogP contribution in [0.2, 0.25) is 0 Å². The zero-order valence-electron chi connectivity index (χ0n) is 27.5. The first-order chi connectivity index (χ1) is 23.2. The molecule has 48 heavy (non-hydrogen) atoms. The van der Waals surface area contributed by atoms with Gasteiger partial charge in [0, 0.05) is 28.9 Å². The first-order valence-corrected chi connectivity index (χ1v) is 19.4. The second-order valence-corrected chi connectivity index (χ2v) is 14.7. The normalized spacial score (nSPS) is 11.8. The summed E-state index contributed by atoms with van der Waals surface area (Å²) in [6.07, 6.45) is 3.85. The van der Waals surface area contributed by atoms with Crippen LogP contribution in [-0.2, 0) is 32.6 Å². The number of carbonyl (C=O) groups excluding carboxylic acids is 2. The Morgan fingerprint density at radius 2 is 1.54 bits per heavy atom. The van der Waals surface area contributed by atoms with Crippen molar-refractivity contribution in [3.8, 4) is 5.75 Å². The van der Waals surface area contributed by atoms with E-state index in [1.165, 1.54) is 16.7 Å². The van der Waals surface area contributed by atoms with Crippen LogP contribution >= 0.6 is 27.7 Å². The maximum atomic E-state index is 14.7. The average Bonchev–Trinajstić information content (AvgIpc) is 3.10. The molecule has 0 heterocycles. The molecule has 4 rings (SSSR count). The van der Waals surface area contributed by atoms with Crippen molar-refractivity contribution in [2.24, 2.45) is 0 Å². The third kappa shape index (κ3) is 9.87. The molecule has 0 aromatic heterocycles. The van der Waals surface area contributed by atoms with Gasteiger partial charge in [0.1, 0.15) is 18.3 Å². The number of halogens is 1. The minimum Gasteiger partial charge on any atom is -0.492 e. The predicted octanol–water partition coefficient (Wildman–Crippen LogP) is 7.32. The number of thioether (sulfide) groups is 1. The number of nitrogens with one attached hydrogen (secondary N) is 1. The minimum absolute atomic E-state index is 0.0389. The molecule has 1 N–H and O–H groups in total. The van der Waals surface area contributed by atoms with E-state index >= 15 is 0 Å². The van der Waals surface area contributed by atoms with E-state index in [-0.39, 0.29) is 29.5 Å². The Morgan fingerprint density at radius 1 is 0.875 bits per heavy atom. The van der Waals surface area contributed by atoms with Crippen LogP contribution in [0.1, 0.15) is 37.8 Å². The molecular weight excluding hydrogens is 710 g/mol. The molecule has 0 fully saturated rings. The van der Waals surface area contributed by atoms with E-state index in [1.807, 2.05) is 74.7 Å². The summed E-state index contributed by atoms with van der Waals surface area (Å²) in [7, 11) is -4.26. The highest BCUT2D eigenvalue weighted by atomic mass is 79.9. The fraction of sp³-hybridized carbons (Fsp3) is 0.297. The van der Waals surface area contributed by atoms with E-state index in [9.17, 15) is 18.0 Å². The molecule has 0 saturated heterocycles. The monoisotopic (exact) mass is 751 g/mol. The number of hydrogen-bond acceptors (Lipinski definition) is 6. The number of amides is 2. The molecule has 0 aliphatic rings. The summed E-state index contributed by atoms with van der Waals surface area (Å²) in [5.74, 6) is -0.496. The summed E-state index contributed by atoms with van der Waals surface area (Å²) in [6, 6.07) is 29.5. The number of sulfonamides is 1. The molecule has 1 atom stereocenters. The molecule has 0 spiro atoms. The molecule has 4 aromatic carbocycles. The lowest BCUT2D eigenvalue weighted by molar-refractivity contribution is -0.140. The highest BCUT2D eigenvalue weighted by molar-refractivity contribution is 9.10. The first kappa shape index (κ1) is 37.0. The van der Waals surface area contributed by atoms with Gasteiger partial charge in [-0.2, -0.15) is 0 Å². The van der Waals surface area contributed by atoms with Gasteiger partial charge in [0.2, 0.25) is 11.8 Å². The van der Waals surface area contributed by atoms with E-state index in [4.69, 9.17) is 4.74 Å². The van der Waals surface area contributed by atoms with Gasteiger partial charge in [0.15, 0.2) is 0 Å². The molecule has 0 aliphatic carbocycles. The van der Waals surface area contributed by atoms with Crippen molar-refractivity contribution < 1.29 is 22.7 Å². The lowest BCUT2D eigenvalue weighted by atomic mass is 10.0. The van der Waals surface area contributed by atoms with Crippen LogP contribution in [-0.4, -0.2) is 57.1 Å². The predicted molar refractivity (Wildman–Crippen MR) is 197 cm³/mol. The molecule has 254 valence electrons. The second kappa shape index (κ2) is 18.1. The Kier molecular flexibility index (Phi) is 14.0. The zero-order valence-corrected chi connectivity index (χ0v) is 30.7. The Bertz CT molecular complexity index is 1740. The van der Waals surface area contributed by atoms with Crippen LogP contribution < -0.4 is 14.4 Å². The Hall–Kier alpha value is -3.80. The van der Waals surface area contributed by atoms with E-state index in [2.05, 4.69) is 21.2 Å². The van der Waals surface area contributed by atoms with Crippen molar-refractivity contribution in [3.63, 3.8) is 0 Å². The van der Waals surface area contributed by atoms with Gasteiger partial charge in [0.25, 0.3) is 10.0 Å². The van der Waals surface area contributed by atoms with Crippen LogP contribution in [0.5, 0.6) is 5.75 Å². The van der Waals surface area contributed by atoms with Crippen molar-refractivity contribution in [1.82, 2.24) is 10.2 Å². The maximum absolute atomic E-state index is 14.7. The van der Waals surface area contributed by atoms with Crippen LogP contribution in [0.3, 0.4) is 0 Å². The molecule has 11 heteroatoms. The molecule has 0 unspecified atom stereocenters. The van der Waals surface area contributed by atoms with E-state index < -0.39 is 28.5 Å². The van der Waals surface area contributed by atoms with Crippen LogP contribution in [0.4, 0.5) is 5.69 Å². The fourth-order valence-electron chi connectivity index (χ4n) is 5.18. The number of anilines is 1. The summed E-state index contributed by atoms with van der Waals surface area (Å²) < 4.78 is 36.7. The van der Waals surface area contributed by atoms with Gasteiger partial charge in [-0.05, 0) is 79.3 Å².